The fraction of sp³-hybridized carbons (Fsp3) is 0.433. The Morgan fingerprint density at radius 1 is 0.974 bits per heavy atom. The molecule has 8 nitrogen and oxygen atoms in total. The summed E-state index contributed by atoms with van der Waals surface area (Å²) in [6.45, 7) is 9.28. The Kier molecular flexibility index (Phi) is 8.20. The van der Waals surface area contributed by atoms with Crippen LogP contribution in [-0.2, 0) is 17.9 Å². The first-order valence-electron chi connectivity index (χ1n) is 13.7. The van der Waals surface area contributed by atoms with Gasteiger partial charge in [0.2, 0.25) is 11.9 Å². The number of hydrogen-bond donors (Lipinski definition) is 3. The number of hydrogen-bond acceptors (Lipinski definition) is 7. The van der Waals surface area contributed by atoms with Crippen molar-refractivity contribution in [2.75, 3.05) is 43.9 Å². The lowest BCUT2D eigenvalue weighted by Crippen LogP contribution is -2.42. The average Bonchev–Trinajstić information content (AvgIpc) is 2.89. The minimum atomic E-state index is 0.0950. The lowest BCUT2D eigenvalue weighted by Gasteiger charge is -2.31. The summed E-state index contributed by atoms with van der Waals surface area (Å²) in [5.41, 5.74) is 6.41. The van der Waals surface area contributed by atoms with Gasteiger partial charge in [-0.3, -0.25) is 9.69 Å². The predicted molar refractivity (Wildman–Crippen MR) is 153 cm³/mol. The Labute approximate surface area is 225 Å². The third-order valence-electron chi connectivity index (χ3n) is 7.22. The molecule has 0 radical (unpaired) electrons. The molecule has 5 aliphatic rings. The lowest BCUT2D eigenvalue weighted by atomic mass is 9.95. The topological polar surface area (TPSA) is 85.4 Å². The van der Waals surface area contributed by atoms with Gasteiger partial charge in [0.15, 0.2) is 0 Å². The number of nitrogens with one attached hydrogen (secondary N) is 3. The van der Waals surface area contributed by atoms with E-state index >= 15 is 0 Å². The van der Waals surface area contributed by atoms with Crippen LogP contribution in [0.3, 0.4) is 0 Å². The maximum atomic E-state index is 12.8. The molecule has 8 heteroatoms. The first kappa shape index (κ1) is 26.1. The van der Waals surface area contributed by atoms with Crippen molar-refractivity contribution in [1.82, 2.24) is 25.1 Å². The highest BCUT2D eigenvalue weighted by molar-refractivity contribution is 5.78. The molecule has 3 aromatic rings. The van der Waals surface area contributed by atoms with Crippen LogP contribution in [0, 0.1) is 5.92 Å². The quantitative estimate of drug-likeness (QED) is 0.466. The summed E-state index contributed by atoms with van der Waals surface area (Å²) < 4.78 is 0. The van der Waals surface area contributed by atoms with Crippen LogP contribution >= 0.6 is 0 Å². The Balaban J connectivity index is 1.44. The first-order valence-corrected chi connectivity index (χ1v) is 13.7. The highest BCUT2D eigenvalue weighted by Crippen LogP contribution is 2.26. The van der Waals surface area contributed by atoms with Crippen LogP contribution in [0.1, 0.15) is 37.8 Å². The van der Waals surface area contributed by atoms with Crippen LogP contribution in [0.5, 0.6) is 0 Å². The minimum absolute atomic E-state index is 0.0950. The zero-order valence-electron chi connectivity index (χ0n) is 22.7. The summed E-state index contributed by atoms with van der Waals surface area (Å²) in [5.74, 6) is 0.866. The van der Waals surface area contributed by atoms with Gasteiger partial charge in [-0.25, -0.2) is 9.97 Å². The number of amides is 1. The summed E-state index contributed by atoms with van der Waals surface area (Å²) in [6, 6.07) is 17.3. The molecule has 5 aliphatic heterocycles. The SMILES string of the molecule is CC(C)Nc1cc2cc(c1)Nc1nccc(n1)-c1ccc(cc1)CN(C)CCNC(=O)C1CCN(CC1)C2. The van der Waals surface area contributed by atoms with Crippen molar-refractivity contribution in [1.29, 1.82) is 0 Å². The van der Waals surface area contributed by atoms with E-state index in [4.69, 9.17) is 4.98 Å². The largest absolute Gasteiger partial charge is 0.383 e. The number of anilines is 3. The molecule has 200 valence electrons. The number of aromatic nitrogens is 2. The number of rotatable bonds is 2. The van der Waals surface area contributed by atoms with Gasteiger partial charge in [0, 0.05) is 61.3 Å². The highest BCUT2D eigenvalue weighted by Gasteiger charge is 2.25. The van der Waals surface area contributed by atoms with Gasteiger partial charge in [-0.05, 0) is 82.2 Å². The van der Waals surface area contributed by atoms with Crippen LogP contribution in [0.25, 0.3) is 11.3 Å². The molecule has 1 amide bonds. The third-order valence-corrected chi connectivity index (χ3v) is 7.22. The summed E-state index contributed by atoms with van der Waals surface area (Å²) >= 11 is 0. The molecule has 0 unspecified atom stereocenters. The molecule has 2 aromatic carbocycles. The summed E-state index contributed by atoms with van der Waals surface area (Å²) in [6.07, 6.45) is 3.59. The first-order chi connectivity index (χ1) is 18.4. The van der Waals surface area contributed by atoms with E-state index in [9.17, 15) is 4.79 Å². The van der Waals surface area contributed by atoms with Crippen molar-refractivity contribution >= 4 is 23.2 Å². The number of carbonyl (C=O) groups excluding carboxylic acids is 1. The molecule has 3 N–H and O–H groups in total. The fourth-order valence-corrected chi connectivity index (χ4v) is 5.28. The fourth-order valence-electron chi connectivity index (χ4n) is 5.28. The van der Waals surface area contributed by atoms with Gasteiger partial charge < -0.3 is 20.9 Å². The van der Waals surface area contributed by atoms with E-state index in [-0.39, 0.29) is 11.8 Å². The second kappa shape index (κ2) is 11.9. The summed E-state index contributed by atoms with van der Waals surface area (Å²) in [7, 11) is 2.09. The lowest BCUT2D eigenvalue weighted by molar-refractivity contribution is -0.126. The number of carbonyl (C=O) groups is 1. The predicted octanol–water partition coefficient (Wildman–Crippen LogP) is 4.48. The second-order valence-electron chi connectivity index (χ2n) is 10.9. The number of likely N-dealkylation sites (N-methyl/N-ethyl adjacent to an activating group) is 1. The van der Waals surface area contributed by atoms with Crippen LogP contribution in [0.15, 0.2) is 54.7 Å². The molecule has 1 aromatic heterocycles. The van der Waals surface area contributed by atoms with E-state index in [2.05, 4.69) is 94.1 Å². The Morgan fingerprint density at radius 3 is 2.53 bits per heavy atom. The van der Waals surface area contributed by atoms with Crippen LogP contribution in [-0.4, -0.2) is 64.9 Å². The monoisotopic (exact) mass is 513 g/mol. The molecule has 0 atom stereocenters. The maximum absolute atomic E-state index is 12.8. The molecule has 6 heterocycles. The van der Waals surface area contributed by atoms with E-state index in [1.54, 1.807) is 6.20 Å². The molecule has 0 spiro atoms. The van der Waals surface area contributed by atoms with Crippen LogP contribution < -0.4 is 16.0 Å². The number of piperidine rings is 1. The molecule has 1 saturated heterocycles. The molecule has 1 fully saturated rings. The molecule has 0 aliphatic carbocycles. The van der Waals surface area contributed by atoms with Gasteiger partial charge in [0.25, 0.3) is 0 Å². The Hall–Kier alpha value is -3.49. The van der Waals surface area contributed by atoms with Crippen LogP contribution in [0.2, 0.25) is 0 Å². The summed E-state index contributed by atoms with van der Waals surface area (Å²) in [5, 5.41) is 10.2. The van der Waals surface area contributed by atoms with Gasteiger partial charge in [0.05, 0.1) is 5.69 Å². The average molecular weight is 514 g/mol. The molecule has 8 bridgehead atoms. The van der Waals surface area contributed by atoms with E-state index in [1.807, 2.05) is 6.07 Å². The van der Waals surface area contributed by atoms with Gasteiger partial charge in [0.1, 0.15) is 0 Å². The van der Waals surface area contributed by atoms with Gasteiger partial charge in [-0.15, -0.1) is 0 Å². The minimum Gasteiger partial charge on any atom is -0.383 e. The normalized spacial score (nSPS) is 20.8. The maximum Gasteiger partial charge on any atom is 0.227 e. The molecule has 38 heavy (non-hydrogen) atoms. The second-order valence-corrected chi connectivity index (χ2v) is 10.9. The number of benzene rings is 2. The van der Waals surface area contributed by atoms with E-state index in [1.165, 1.54) is 11.1 Å². The van der Waals surface area contributed by atoms with Crippen molar-refractivity contribution in [2.24, 2.45) is 5.92 Å². The van der Waals surface area contributed by atoms with Crippen molar-refractivity contribution in [3.8, 4) is 11.3 Å². The van der Waals surface area contributed by atoms with E-state index in [0.29, 0.717) is 18.5 Å². The standard InChI is InChI=1S/C30H39N7O/c1-21(2)33-26-16-23-17-27(18-26)34-30-32-11-8-28(35-30)24-6-4-22(5-7-24)19-36(3)15-12-31-29(38)25-9-13-37(20-23)14-10-25/h4-8,11,16-18,21,25,33H,9-10,12-15,19-20H2,1-3H3,(H,31,38)(H,32,34,35). The van der Waals surface area contributed by atoms with Crippen molar-refractivity contribution in [3.05, 3.63) is 65.9 Å². The van der Waals surface area contributed by atoms with Gasteiger partial charge >= 0.3 is 0 Å². The van der Waals surface area contributed by atoms with E-state index < -0.39 is 0 Å². The van der Waals surface area contributed by atoms with Crippen molar-refractivity contribution < 1.29 is 4.79 Å². The summed E-state index contributed by atoms with van der Waals surface area (Å²) in [4.78, 5) is 26.8. The Morgan fingerprint density at radius 2 is 1.76 bits per heavy atom. The molecule has 8 rings (SSSR count). The van der Waals surface area contributed by atoms with E-state index in [0.717, 1.165) is 68.2 Å². The smallest absolute Gasteiger partial charge is 0.227 e. The van der Waals surface area contributed by atoms with Crippen LogP contribution in [0.4, 0.5) is 17.3 Å². The van der Waals surface area contributed by atoms with Crippen molar-refractivity contribution in [2.45, 2.75) is 45.8 Å². The molecular formula is C30H39N7O. The molecule has 0 saturated carbocycles. The zero-order chi connectivity index (χ0) is 26.5. The third kappa shape index (κ3) is 6.88. The zero-order valence-corrected chi connectivity index (χ0v) is 22.7. The van der Waals surface area contributed by atoms with Crippen molar-refractivity contribution in [3.63, 3.8) is 0 Å². The Bertz CT molecular complexity index is 1240. The van der Waals surface area contributed by atoms with Gasteiger partial charge in [-0.2, -0.15) is 0 Å². The number of nitrogens with zero attached hydrogens (tertiary/aromatic N) is 4. The van der Waals surface area contributed by atoms with Gasteiger partial charge in [-0.1, -0.05) is 24.3 Å². The molecular weight excluding hydrogens is 474 g/mol. The highest BCUT2D eigenvalue weighted by atomic mass is 16.1.